The number of carbonyl (C=O) groups is 4. The van der Waals surface area contributed by atoms with Crippen LogP contribution in [0.25, 0.3) is 0 Å². The molecule has 0 aromatic heterocycles. The number of amides is 2. The number of Topliss-reactive ketones (excluding diaryl/α,β-unsaturated/α-hetero) is 1. The summed E-state index contributed by atoms with van der Waals surface area (Å²) in [6, 6.07) is 13.2. The maximum absolute atomic E-state index is 12.4. The van der Waals surface area contributed by atoms with Gasteiger partial charge in [0, 0.05) is 18.5 Å². The molecule has 0 bridgehead atoms. The molecule has 2 aromatic carbocycles. The van der Waals surface area contributed by atoms with Crippen molar-refractivity contribution in [1.82, 2.24) is 4.90 Å². The van der Waals surface area contributed by atoms with Crippen LogP contribution in [0.4, 0.5) is 0 Å². The van der Waals surface area contributed by atoms with E-state index < -0.39 is 12.1 Å². The van der Waals surface area contributed by atoms with Crippen molar-refractivity contribution in [1.29, 1.82) is 0 Å². The van der Waals surface area contributed by atoms with Crippen LogP contribution in [0.1, 0.15) is 57.8 Å². The van der Waals surface area contributed by atoms with Crippen LogP contribution in [0.15, 0.2) is 48.5 Å². The highest BCUT2D eigenvalue weighted by Gasteiger charge is 2.34. The molecule has 1 aliphatic heterocycles. The number of imide groups is 1. The largest absolute Gasteiger partial charge is 0.494 e. The van der Waals surface area contributed by atoms with E-state index in [4.69, 9.17) is 9.47 Å². The van der Waals surface area contributed by atoms with Crippen molar-refractivity contribution < 1.29 is 28.7 Å². The minimum Gasteiger partial charge on any atom is -0.494 e. The number of hydrogen-bond acceptors (Lipinski definition) is 6. The molecule has 2 amide bonds. The molecule has 0 fully saturated rings. The molecule has 1 aliphatic rings. The molecule has 0 radical (unpaired) electrons. The third-order valence-corrected chi connectivity index (χ3v) is 4.77. The van der Waals surface area contributed by atoms with Gasteiger partial charge in [0.1, 0.15) is 5.75 Å². The zero-order chi connectivity index (χ0) is 21.7. The van der Waals surface area contributed by atoms with E-state index >= 15 is 0 Å². The second-order valence-electron chi connectivity index (χ2n) is 6.86. The van der Waals surface area contributed by atoms with E-state index in [1.165, 1.54) is 6.92 Å². The molecule has 7 nitrogen and oxygen atoms in total. The second-order valence-corrected chi connectivity index (χ2v) is 6.86. The van der Waals surface area contributed by atoms with Gasteiger partial charge in [0.15, 0.2) is 6.10 Å². The van der Waals surface area contributed by atoms with Crippen LogP contribution < -0.4 is 4.74 Å². The fourth-order valence-corrected chi connectivity index (χ4v) is 3.25. The number of esters is 1. The molecule has 0 saturated heterocycles. The zero-order valence-electron chi connectivity index (χ0n) is 16.9. The normalized spacial score (nSPS) is 13.7. The maximum Gasteiger partial charge on any atom is 0.306 e. The van der Waals surface area contributed by atoms with E-state index in [2.05, 4.69) is 0 Å². The van der Waals surface area contributed by atoms with Gasteiger partial charge in [-0.2, -0.15) is 0 Å². The van der Waals surface area contributed by atoms with Gasteiger partial charge in [0.25, 0.3) is 11.8 Å². The van der Waals surface area contributed by atoms with Gasteiger partial charge in [-0.25, -0.2) is 0 Å². The molecule has 0 aliphatic carbocycles. The quantitative estimate of drug-likeness (QED) is 0.359. The van der Waals surface area contributed by atoms with Crippen molar-refractivity contribution in [3.05, 3.63) is 65.2 Å². The smallest absolute Gasteiger partial charge is 0.306 e. The predicted octanol–water partition coefficient (Wildman–Crippen LogP) is 3.28. The summed E-state index contributed by atoms with van der Waals surface area (Å²) >= 11 is 0. The van der Waals surface area contributed by atoms with Crippen molar-refractivity contribution in [2.24, 2.45) is 0 Å². The average molecular weight is 409 g/mol. The fourth-order valence-electron chi connectivity index (χ4n) is 3.25. The minimum absolute atomic E-state index is 0.00565. The number of hydrogen-bond donors (Lipinski definition) is 0. The first kappa shape index (κ1) is 21.2. The lowest BCUT2D eigenvalue weighted by Crippen LogP contribution is -2.31. The standard InChI is InChI=1S/C23H23NO6/c1-3-29-17-12-10-16(11-13-17)21(26)15(2)30-20(25)9-6-14-24-22(27)18-7-4-5-8-19(18)23(24)28/h4-5,7-8,10-13,15H,3,6,9,14H2,1-2H3/t15-/m1/s1. The number of nitrogens with zero attached hydrogens (tertiary/aromatic N) is 1. The summed E-state index contributed by atoms with van der Waals surface area (Å²) in [5.74, 6) is -0.928. The van der Waals surface area contributed by atoms with Crippen molar-refractivity contribution in [3.63, 3.8) is 0 Å². The van der Waals surface area contributed by atoms with Crippen molar-refractivity contribution in [2.45, 2.75) is 32.8 Å². The van der Waals surface area contributed by atoms with Gasteiger partial charge in [-0.05, 0) is 56.7 Å². The molecule has 0 N–H and O–H groups in total. The molecule has 0 saturated carbocycles. The third-order valence-electron chi connectivity index (χ3n) is 4.77. The van der Waals surface area contributed by atoms with Gasteiger partial charge < -0.3 is 9.47 Å². The van der Waals surface area contributed by atoms with E-state index in [-0.39, 0.29) is 37.0 Å². The number of carbonyl (C=O) groups excluding carboxylic acids is 4. The Morgan fingerprint density at radius 2 is 1.57 bits per heavy atom. The molecule has 2 aromatic rings. The van der Waals surface area contributed by atoms with Crippen LogP contribution in [0.5, 0.6) is 5.75 Å². The summed E-state index contributed by atoms with van der Waals surface area (Å²) in [7, 11) is 0. The van der Waals surface area contributed by atoms with Gasteiger partial charge in [0.05, 0.1) is 17.7 Å². The number of ketones is 1. The molecule has 1 atom stereocenters. The highest BCUT2D eigenvalue weighted by atomic mass is 16.5. The van der Waals surface area contributed by atoms with Gasteiger partial charge in [-0.1, -0.05) is 12.1 Å². The molecule has 0 spiro atoms. The Balaban J connectivity index is 1.47. The van der Waals surface area contributed by atoms with Crippen LogP contribution in [-0.2, 0) is 9.53 Å². The summed E-state index contributed by atoms with van der Waals surface area (Å²) in [6.45, 7) is 4.03. The Morgan fingerprint density at radius 1 is 0.967 bits per heavy atom. The molecule has 3 rings (SSSR count). The van der Waals surface area contributed by atoms with Crippen LogP contribution in [-0.4, -0.2) is 47.7 Å². The Labute approximate surface area is 174 Å². The number of benzene rings is 2. The molecular weight excluding hydrogens is 386 g/mol. The second kappa shape index (κ2) is 9.35. The van der Waals surface area contributed by atoms with Crippen molar-refractivity contribution in [3.8, 4) is 5.75 Å². The predicted molar refractivity (Wildman–Crippen MR) is 109 cm³/mol. The molecule has 0 unspecified atom stereocenters. The molecule has 1 heterocycles. The number of rotatable bonds is 9. The van der Waals surface area contributed by atoms with E-state index in [9.17, 15) is 19.2 Å². The summed E-state index contributed by atoms with van der Waals surface area (Å²) in [6.07, 6.45) is -0.683. The Kier molecular flexibility index (Phi) is 6.61. The Hall–Kier alpha value is -3.48. The first-order chi connectivity index (χ1) is 14.4. The lowest BCUT2D eigenvalue weighted by molar-refractivity contribution is -0.146. The lowest BCUT2D eigenvalue weighted by Gasteiger charge is -2.15. The Morgan fingerprint density at radius 3 is 2.13 bits per heavy atom. The fraction of sp³-hybridized carbons (Fsp3) is 0.304. The molecule has 7 heteroatoms. The van der Waals surface area contributed by atoms with Gasteiger partial charge in [-0.3, -0.25) is 24.1 Å². The average Bonchev–Trinajstić information content (AvgIpc) is 2.99. The van der Waals surface area contributed by atoms with Crippen molar-refractivity contribution >= 4 is 23.6 Å². The van der Waals surface area contributed by atoms with E-state index in [0.717, 1.165) is 4.90 Å². The number of ether oxygens (including phenoxy) is 2. The summed E-state index contributed by atoms with van der Waals surface area (Å²) < 4.78 is 10.6. The van der Waals surface area contributed by atoms with Gasteiger partial charge >= 0.3 is 5.97 Å². The molecular formula is C23H23NO6. The third kappa shape index (κ3) is 4.56. The molecule has 30 heavy (non-hydrogen) atoms. The topological polar surface area (TPSA) is 90.0 Å². The Bertz CT molecular complexity index is 931. The van der Waals surface area contributed by atoms with Crippen LogP contribution in [0.3, 0.4) is 0 Å². The SMILES string of the molecule is CCOc1ccc(C(=O)[C@@H](C)OC(=O)CCCN2C(=O)c3ccccc3C2=O)cc1. The summed E-state index contributed by atoms with van der Waals surface area (Å²) in [4.78, 5) is 50.3. The van der Waals surface area contributed by atoms with Gasteiger partial charge in [0.2, 0.25) is 5.78 Å². The lowest BCUT2D eigenvalue weighted by atomic mass is 10.1. The summed E-state index contributed by atoms with van der Waals surface area (Å²) in [5, 5.41) is 0. The van der Waals surface area contributed by atoms with E-state index in [0.29, 0.717) is 29.0 Å². The van der Waals surface area contributed by atoms with Crippen LogP contribution >= 0.6 is 0 Å². The minimum atomic E-state index is -0.935. The summed E-state index contributed by atoms with van der Waals surface area (Å²) in [5.41, 5.74) is 1.17. The maximum atomic E-state index is 12.4. The first-order valence-electron chi connectivity index (χ1n) is 9.84. The van der Waals surface area contributed by atoms with Crippen molar-refractivity contribution in [2.75, 3.05) is 13.2 Å². The highest BCUT2D eigenvalue weighted by Crippen LogP contribution is 2.22. The zero-order valence-corrected chi connectivity index (χ0v) is 16.9. The monoisotopic (exact) mass is 409 g/mol. The van der Waals surface area contributed by atoms with Crippen LogP contribution in [0.2, 0.25) is 0 Å². The van der Waals surface area contributed by atoms with E-state index in [1.807, 2.05) is 6.92 Å². The van der Waals surface area contributed by atoms with Crippen LogP contribution in [0, 0.1) is 0 Å². The number of fused-ring (bicyclic) bond motifs is 1. The van der Waals surface area contributed by atoms with Gasteiger partial charge in [-0.15, -0.1) is 0 Å². The molecule has 156 valence electrons. The first-order valence-corrected chi connectivity index (χ1v) is 9.84. The van der Waals surface area contributed by atoms with E-state index in [1.54, 1.807) is 48.5 Å². The highest BCUT2D eigenvalue weighted by molar-refractivity contribution is 6.21.